The highest BCUT2D eigenvalue weighted by Crippen LogP contribution is 2.27. The van der Waals surface area contributed by atoms with Gasteiger partial charge in [0.2, 0.25) is 11.8 Å². The van der Waals surface area contributed by atoms with Crippen LogP contribution in [0.1, 0.15) is 23.3 Å². The van der Waals surface area contributed by atoms with E-state index in [2.05, 4.69) is 4.98 Å². The molecule has 3 heterocycles. The number of carbonyl (C=O) groups is 3. The van der Waals surface area contributed by atoms with Crippen molar-refractivity contribution in [3.05, 3.63) is 41.4 Å². The zero-order valence-electron chi connectivity index (χ0n) is 12.8. The molecule has 4 rings (SSSR count). The molecule has 0 N–H and O–H groups in total. The Labute approximate surface area is 142 Å². The fraction of sp³-hybridized carbons (Fsp3) is 0.294. The van der Waals surface area contributed by atoms with Crippen LogP contribution in [-0.2, 0) is 9.59 Å². The van der Waals surface area contributed by atoms with Gasteiger partial charge in [-0.25, -0.2) is 4.98 Å². The lowest BCUT2D eigenvalue weighted by Crippen LogP contribution is -2.62. The molecule has 0 radical (unpaired) electrons. The summed E-state index contributed by atoms with van der Waals surface area (Å²) in [5, 5.41) is 2.56. The van der Waals surface area contributed by atoms with E-state index in [9.17, 15) is 14.4 Å². The number of rotatable bonds is 3. The molecule has 6 nitrogen and oxygen atoms in total. The predicted octanol–water partition coefficient (Wildman–Crippen LogP) is 1.78. The Morgan fingerprint density at radius 3 is 2.42 bits per heavy atom. The maximum atomic E-state index is 12.5. The molecular weight excluding hydrogens is 326 g/mol. The average molecular weight is 341 g/mol. The molecule has 24 heavy (non-hydrogen) atoms. The van der Waals surface area contributed by atoms with Crippen molar-refractivity contribution in [3.63, 3.8) is 0 Å². The molecule has 2 saturated heterocycles. The van der Waals surface area contributed by atoms with Gasteiger partial charge in [-0.2, -0.15) is 0 Å². The minimum absolute atomic E-state index is 0.128. The molecule has 2 fully saturated rings. The first-order valence-corrected chi connectivity index (χ1v) is 8.66. The van der Waals surface area contributed by atoms with Crippen molar-refractivity contribution in [2.45, 2.75) is 18.9 Å². The predicted molar refractivity (Wildman–Crippen MR) is 88.3 cm³/mol. The zero-order chi connectivity index (χ0) is 16.7. The minimum Gasteiger partial charge on any atom is -0.333 e. The molecule has 2 aliphatic rings. The summed E-state index contributed by atoms with van der Waals surface area (Å²) < 4.78 is 0. The van der Waals surface area contributed by atoms with Gasteiger partial charge < -0.3 is 4.90 Å². The minimum atomic E-state index is -0.177. The first-order valence-electron chi connectivity index (χ1n) is 7.78. The number of hydrogen-bond donors (Lipinski definition) is 0. The second-order valence-electron chi connectivity index (χ2n) is 5.93. The van der Waals surface area contributed by atoms with Gasteiger partial charge >= 0.3 is 0 Å². The van der Waals surface area contributed by atoms with E-state index < -0.39 is 0 Å². The van der Waals surface area contributed by atoms with E-state index in [4.69, 9.17) is 0 Å². The van der Waals surface area contributed by atoms with Gasteiger partial charge in [-0.05, 0) is 0 Å². The summed E-state index contributed by atoms with van der Waals surface area (Å²) in [5.41, 5.74) is 1.40. The normalized spacial score (nSPS) is 18.2. The Bertz CT molecular complexity index is 795. The summed E-state index contributed by atoms with van der Waals surface area (Å²) in [7, 11) is 0. The third-order valence-electron chi connectivity index (χ3n) is 4.35. The van der Waals surface area contributed by atoms with Gasteiger partial charge in [-0.15, -0.1) is 11.3 Å². The zero-order valence-corrected chi connectivity index (χ0v) is 13.7. The third kappa shape index (κ3) is 2.50. The third-order valence-corrected chi connectivity index (χ3v) is 5.24. The molecule has 1 aromatic carbocycles. The molecule has 0 unspecified atom stereocenters. The van der Waals surface area contributed by atoms with Crippen LogP contribution in [0.4, 0.5) is 0 Å². The van der Waals surface area contributed by atoms with Crippen molar-refractivity contribution >= 4 is 29.1 Å². The molecule has 0 spiro atoms. The second-order valence-corrected chi connectivity index (χ2v) is 6.78. The first-order chi connectivity index (χ1) is 11.6. The summed E-state index contributed by atoms with van der Waals surface area (Å²) in [6.45, 7) is 0.795. The van der Waals surface area contributed by atoms with Crippen LogP contribution < -0.4 is 0 Å². The lowest BCUT2D eigenvalue weighted by molar-refractivity contribution is -0.144. The SMILES string of the molecule is O=C(c1csc(-c2ccccc2)n1)N1CC(N2C(=O)CCC2=O)C1. The van der Waals surface area contributed by atoms with Crippen LogP contribution >= 0.6 is 11.3 Å². The monoisotopic (exact) mass is 341 g/mol. The van der Waals surface area contributed by atoms with Crippen molar-refractivity contribution in [3.8, 4) is 10.6 Å². The number of thiazole rings is 1. The van der Waals surface area contributed by atoms with Crippen LogP contribution in [0.2, 0.25) is 0 Å². The largest absolute Gasteiger partial charge is 0.333 e. The average Bonchev–Trinajstić information content (AvgIpc) is 3.16. The number of aromatic nitrogens is 1. The number of benzene rings is 1. The Morgan fingerprint density at radius 1 is 1.08 bits per heavy atom. The summed E-state index contributed by atoms with van der Waals surface area (Å²) >= 11 is 1.43. The van der Waals surface area contributed by atoms with Crippen LogP contribution in [0.5, 0.6) is 0 Å². The molecule has 3 amide bonds. The lowest BCUT2D eigenvalue weighted by atomic mass is 10.1. The molecule has 0 aliphatic carbocycles. The van der Waals surface area contributed by atoms with Gasteiger partial charge in [0.25, 0.3) is 5.91 Å². The number of hydrogen-bond acceptors (Lipinski definition) is 5. The molecule has 122 valence electrons. The van der Waals surface area contributed by atoms with E-state index in [1.807, 2.05) is 30.3 Å². The standard InChI is InChI=1S/C17H15N3O3S/c21-14-6-7-15(22)20(14)12-8-19(9-12)17(23)13-10-24-16(18-13)11-4-2-1-3-5-11/h1-5,10,12H,6-9H2. The number of amides is 3. The molecule has 2 aliphatic heterocycles. The van der Waals surface area contributed by atoms with Crippen molar-refractivity contribution in [1.29, 1.82) is 0 Å². The fourth-order valence-electron chi connectivity index (χ4n) is 3.03. The number of nitrogens with zero attached hydrogens (tertiary/aromatic N) is 3. The van der Waals surface area contributed by atoms with Crippen molar-refractivity contribution < 1.29 is 14.4 Å². The highest BCUT2D eigenvalue weighted by Gasteiger charge is 2.43. The maximum absolute atomic E-state index is 12.5. The van der Waals surface area contributed by atoms with E-state index >= 15 is 0 Å². The van der Waals surface area contributed by atoms with Crippen LogP contribution in [-0.4, -0.2) is 51.6 Å². The fourth-order valence-corrected chi connectivity index (χ4v) is 3.83. The second kappa shape index (κ2) is 5.83. The lowest BCUT2D eigenvalue weighted by Gasteiger charge is -2.42. The highest BCUT2D eigenvalue weighted by molar-refractivity contribution is 7.13. The summed E-state index contributed by atoms with van der Waals surface area (Å²) in [6, 6.07) is 9.53. The van der Waals surface area contributed by atoms with Gasteiger partial charge in [0.1, 0.15) is 10.7 Å². The van der Waals surface area contributed by atoms with E-state index in [0.29, 0.717) is 18.8 Å². The Kier molecular flexibility index (Phi) is 3.65. The van der Waals surface area contributed by atoms with Crippen LogP contribution in [0.3, 0.4) is 0 Å². The molecule has 2 aromatic rings. The van der Waals surface area contributed by atoms with E-state index in [1.165, 1.54) is 16.2 Å². The van der Waals surface area contributed by atoms with Crippen LogP contribution in [0.25, 0.3) is 10.6 Å². The highest BCUT2D eigenvalue weighted by atomic mass is 32.1. The molecule has 0 atom stereocenters. The van der Waals surface area contributed by atoms with Crippen molar-refractivity contribution in [2.75, 3.05) is 13.1 Å². The van der Waals surface area contributed by atoms with Crippen molar-refractivity contribution in [1.82, 2.24) is 14.8 Å². The van der Waals surface area contributed by atoms with Gasteiger partial charge in [0.05, 0.1) is 6.04 Å². The van der Waals surface area contributed by atoms with Gasteiger partial charge in [-0.3, -0.25) is 19.3 Å². The topological polar surface area (TPSA) is 70.6 Å². The number of likely N-dealkylation sites (tertiary alicyclic amines) is 2. The van der Waals surface area contributed by atoms with Crippen molar-refractivity contribution in [2.24, 2.45) is 0 Å². The smallest absolute Gasteiger partial charge is 0.273 e. The maximum Gasteiger partial charge on any atom is 0.273 e. The van der Waals surface area contributed by atoms with E-state index in [1.54, 1.807) is 10.3 Å². The molecule has 7 heteroatoms. The quantitative estimate of drug-likeness (QED) is 0.798. The Balaban J connectivity index is 1.42. The molecule has 1 aromatic heterocycles. The molecule has 0 bridgehead atoms. The summed E-state index contributed by atoms with van der Waals surface area (Å²) in [5.74, 6) is -0.405. The Hall–Kier alpha value is -2.54. The summed E-state index contributed by atoms with van der Waals surface area (Å²) in [4.78, 5) is 43.3. The summed E-state index contributed by atoms with van der Waals surface area (Å²) in [6.07, 6.45) is 0.575. The first kappa shape index (κ1) is 15.0. The molecular formula is C17H15N3O3S. The Morgan fingerprint density at radius 2 is 1.75 bits per heavy atom. The van der Waals surface area contributed by atoms with E-state index in [-0.39, 0.29) is 36.6 Å². The van der Waals surface area contributed by atoms with Gasteiger partial charge in [0.15, 0.2) is 0 Å². The van der Waals surface area contributed by atoms with E-state index in [0.717, 1.165) is 10.6 Å². The van der Waals surface area contributed by atoms with Gasteiger partial charge in [-0.1, -0.05) is 30.3 Å². The van der Waals surface area contributed by atoms with Crippen LogP contribution in [0, 0.1) is 0 Å². The van der Waals surface area contributed by atoms with Crippen LogP contribution in [0.15, 0.2) is 35.7 Å². The number of imide groups is 1. The molecule has 0 saturated carbocycles. The number of carbonyl (C=O) groups excluding carboxylic acids is 3. The van der Waals surface area contributed by atoms with Gasteiger partial charge in [0, 0.05) is 36.9 Å².